The molecule has 5 nitrogen and oxygen atoms in total. The molecule has 1 saturated heterocycles. The molecule has 0 saturated carbocycles. The smallest absolute Gasteiger partial charge is 0.255 e. The predicted octanol–water partition coefficient (Wildman–Crippen LogP) is 1.37. The van der Waals surface area contributed by atoms with Crippen molar-refractivity contribution in [2.24, 2.45) is 0 Å². The Morgan fingerprint density at radius 3 is 2.52 bits per heavy atom. The van der Waals surface area contributed by atoms with Crippen molar-refractivity contribution >= 4 is 40.2 Å². The lowest BCUT2D eigenvalue weighted by Crippen LogP contribution is -2.49. The summed E-state index contributed by atoms with van der Waals surface area (Å²) in [5.41, 5.74) is 0.572. The molecule has 1 N–H and O–H groups in total. The minimum Gasteiger partial charge on any atom is -0.339 e. The zero-order valence-corrected chi connectivity index (χ0v) is 14.2. The van der Waals surface area contributed by atoms with Crippen LogP contribution in [0.3, 0.4) is 0 Å². The van der Waals surface area contributed by atoms with Crippen LogP contribution in [0.5, 0.6) is 0 Å². The molecule has 0 spiro atoms. The summed E-state index contributed by atoms with van der Waals surface area (Å²) in [6.07, 6.45) is 0. The number of nitrogens with zero attached hydrogens (tertiary/aromatic N) is 2. The van der Waals surface area contributed by atoms with Crippen molar-refractivity contribution in [3.63, 3.8) is 0 Å². The number of carbonyl (C=O) groups is 2. The number of likely N-dealkylation sites (N-methyl/N-ethyl adjacent to an activating group) is 1. The van der Waals surface area contributed by atoms with E-state index in [-0.39, 0.29) is 30.8 Å². The lowest BCUT2D eigenvalue weighted by atomic mass is 10.2. The Balaban J connectivity index is 0.00000220. The minimum absolute atomic E-state index is 0. The van der Waals surface area contributed by atoms with E-state index < -0.39 is 0 Å². The molecular formula is C14H19BrClN3O2. The zero-order valence-electron chi connectivity index (χ0n) is 11.8. The van der Waals surface area contributed by atoms with Crippen molar-refractivity contribution in [1.82, 2.24) is 15.1 Å². The number of amides is 2. The molecule has 1 aliphatic heterocycles. The van der Waals surface area contributed by atoms with E-state index in [0.717, 1.165) is 17.6 Å². The van der Waals surface area contributed by atoms with E-state index >= 15 is 0 Å². The largest absolute Gasteiger partial charge is 0.339 e. The minimum atomic E-state index is -0.152. The SMILES string of the molecule is CN(CC(=O)N1CCNCC1)C(=O)c1ccccc1Br.Cl. The summed E-state index contributed by atoms with van der Waals surface area (Å²) in [7, 11) is 1.65. The third-order valence-electron chi connectivity index (χ3n) is 3.29. The van der Waals surface area contributed by atoms with Crippen LogP contribution in [0.1, 0.15) is 10.4 Å². The summed E-state index contributed by atoms with van der Waals surface area (Å²) in [5.74, 6) is -0.157. The van der Waals surface area contributed by atoms with Crippen LogP contribution in [0, 0.1) is 0 Å². The second-order valence-corrected chi connectivity index (χ2v) is 5.63. The van der Waals surface area contributed by atoms with Crippen LogP contribution in [-0.2, 0) is 4.79 Å². The van der Waals surface area contributed by atoms with Gasteiger partial charge in [-0.25, -0.2) is 0 Å². The maximum atomic E-state index is 12.3. The van der Waals surface area contributed by atoms with Crippen LogP contribution in [-0.4, -0.2) is 61.4 Å². The van der Waals surface area contributed by atoms with Crippen LogP contribution in [0.15, 0.2) is 28.7 Å². The van der Waals surface area contributed by atoms with Crippen LogP contribution < -0.4 is 5.32 Å². The summed E-state index contributed by atoms with van der Waals surface area (Å²) in [6.45, 7) is 3.15. The van der Waals surface area contributed by atoms with Crippen molar-refractivity contribution < 1.29 is 9.59 Å². The fourth-order valence-electron chi connectivity index (χ4n) is 2.13. The number of nitrogens with one attached hydrogen (secondary N) is 1. The Labute approximate surface area is 139 Å². The summed E-state index contributed by atoms with van der Waals surface area (Å²) in [6, 6.07) is 7.23. The molecule has 1 heterocycles. The van der Waals surface area contributed by atoms with Crippen molar-refractivity contribution in [3.05, 3.63) is 34.3 Å². The second kappa shape index (κ2) is 8.36. The average Bonchev–Trinajstić information content (AvgIpc) is 2.48. The Bertz CT molecular complexity index is 507. The number of benzene rings is 1. The number of hydrogen-bond donors (Lipinski definition) is 1. The summed E-state index contributed by atoms with van der Waals surface area (Å²) in [5, 5.41) is 3.20. The Kier molecular flexibility index (Phi) is 7.14. The van der Waals surface area contributed by atoms with Gasteiger partial charge in [-0.1, -0.05) is 12.1 Å². The van der Waals surface area contributed by atoms with Gasteiger partial charge in [-0.15, -0.1) is 12.4 Å². The maximum Gasteiger partial charge on any atom is 0.255 e. The molecule has 0 atom stereocenters. The van der Waals surface area contributed by atoms with E-state index in [4.69, 9.17) is 0 Å². The topological polar surface area (TPSA) is 52.7 Å². The predicted molar refractivity (Wildman–Crippen MR) is 87.8 cm³/mol. The van der Waals surface area contributed by atoms with Gasteiger partial charge < -0.3 is 15.1 Å². The van der Waals surface area contributed by atoms with Crippen LogP contribution in [0.2, 0.25) is 0 Å². The molecule has 7 heteroatoms. The fraction of sp³-hybridized carbons (Fsp3) is 0.429. The van der Waals surface area contributed by atoms with Gasteiger partial charge >= 0.3 is 0 Å². The van der Waals surface area contributed by atoms with Gasteiger partial charge in [0.25, 0.3) is 5.91 Å². The van der Waals surface area contributed by atoms with Gasteiger partial charge in [0.2, 0.25) is 5.91 Å². The van der Waals surface area contributed by atoms with E-state index in [2.05, 4.69) is 21.2 Å². The van der Waals surface area contributed by atoms with E-state index in [1.54, 1.807) is 18.0 Å². The number of carbonyl (C=O) groups excluding carboxylic acids is 2. The lowest BCUT2D eigenvalue weighted by molar-refractivity contribution is -0.132. The second-order valence-electron chi connectivity index (χ2n) is 4.77. The number of halogens is 2. The molecule has 2 amide bonds. The first-order chi connectivity index (χ1) is 9.59. The van der Waals surface area contributed by atoms with Crippen molar-refractivity contribution in [3.8, 4) is 0 Å². The summed E-state index contributed by atoms with van der Waals surface area (Å²) < 4.78 is 0.742. The van der Waals surface area contributed by atoms with E-state index in [1.165, 1.54) is 4.90 Å². The monoisotopic (exact) mass is 375 g/mol. The zero-order chi connectivity index (χ0) is 14.5. The summed E-state index contributed by atoms with van der Waals surface area (Å²) in [4.78, 5) is 27.7. The molecule has 1 aromatic rings. The van der Waals surface area contributed by atoms with Gasteiger partial charge in [-0.05, 0) is 28.1 Å². The highest BCUT2D eigenvalue weighted by Gasteiger charge is 2.21. The highest BCUT2D eigenvalue weighted by molar-refractivity contribution is 9.10. The van der Waals surface area contributed by atoms with Gasteiger partial charge in [0.05, 0.1) is 12.1 Å². The molecule has 1 aliphatic rings. The molecular weight excluding hydrogens is 358 g/mol. The molecule has 0 radical (unpaired) electrons. The van der Waals surface area contributed by atoms with Crippen molar-refractivity contribution in [1.29, 1.82) is 0 Å². The standard InChI is InChI=1S/C14H18BrN3O2.ClH/c1-17(10-13(19)18-8-6-16-7-9-18)14(20)11-4-2-3-5-12(11)15;/h2-5,16H,6-10H2,1H3;1H. The van der Waals surface area contributed by atoms with Crippen molar-refractivity contribution in [2.75, 3.05) is 39.8 Å². The van der Waals surface area contributed by atoms with Crippen molar-refractivity contribution in [2.45, 2.75) is 0 Å². The third-order valence-corrected chi connectivity index (χ3v) is 3.98. The van der Waals surface area contributed by atoms with E-state index in [0.29, 0.717) is 18.7 Å². The third kappa shape index (κ3) is 4.69. The Morgan fingerprint density at radius 2 is 1.90 bits per heavy atom. The fourth-order valence-corrected chi connectivity index (χ4v) is 2.58. The number of hydrogen-bond acceptors (Lipinski definition) is 3. The first-order valence-corrected chi connectivity index (χ1v) is 7.37. The van der Waals surface area contributed by atoms with E-state index in [9.17, 15) is 9.59 Å². The van der Waals surface area contributed by atoms with Crippen LogP contribution >= 0.6 is 28.3 Å². The quantitative estimate of drug-likeness (QED) is 0.867. The molecule has 0 aromatic heterocycles. The van der Waals surface area contributed by atoms with Gasteiger partial charge in [0, 0.05) is 37.7 Å². The Morgan fingerprint density at radius 1 is 1.29 bits per heavy atom. The van der Waals surface area contributed by atoms with Gasteiger partial charge in [-0.3, -0.25) is 9.59 Å². The lowest BCUT2D eigenvalue weighted by Gasteiger charge is -2.29. The molecule has 1 fully saturated rings. The van der Waals surface area contributed by atoms with Gasteiger partial charge in [0.1, 0.15) is 0 Å². The molecule has 0 aliphatic carbocycles. The number of rotatable bonds is 3. The first-order valence-electron chi connectivity index (χ1n) is 6.58. The molecule has 116 valence electrons. The maximum absolute atomic E-state index is 12.3. The molecule has 21 heavy (non-hydrogen) atoms. The molecule has 2 rings (SSSR count). The van der Waals surface area contributed by atoms with Gasteiger partial charge in [0.15, 0.2) is 0 Å². The van der Waals surface area contributed by atoms with Crippen LogP contribution in [0.25, 0.3) is 0 Å². The normalized spacial score (nSPS) is 14.3. The highest BCUT2D eigenvalue weighted by atomic mass is 79.9. The van der Waals surface area contributed by atoms with E-state index in [1.807, 2.05) is 18.2 Å². The van der Waals surface area contributed by atoms with Crippen LogP contribution in [0.4, 0.5) is 0 Å². The molecule has 1 aromatic carbocycles. The first kappa shape index (κ1) is 17.9. The molecule has 0 unspecified atom stereocenters. The Hall–Kier alpha value is -1.11. The molecule has 0 bridgehead atoms. The highest BCUT2D eigenvalue weighted by Crippen LogP contribution is 2.17. The van der Waals surface area contributed by atoms with Gasteiger partial charge in [-0.2, -0.15) is 0 Å². The number of piperazine rings is 1. The summed E-state index contributed by atoms with van der Waals surface area (Å²) >= 11 is 3.36. The average molecular weight is 377 g/mol.